The van der Waals surface area contributed by atoms with Crippen LogP contribution in [0.15, 0.2) is 35.3 Å². The Morgan fingerprint density at radius 3 is 2.64 bits per heavy atom. The molecule has 0 spiro atoms. The van der Waals surface area contributed by atoms with Crippen molar-refractivity contribution in [2.75, 3.05) is 20.1 Å². The minimum atomic E-state index is 0.478. The predicted molar refractivity (Wildman–Crippen MR) is 92.0 cm³/mol. The maximum absolute atomic E-state index is 4.37. The monoisotopic (exact) mass is 300 g/mol. The molecule has 1 aliphatic heterocycles. The van der Waals surface area contributed by atoms with E-state index in [0.29, 0.717) is 18.1 Å². The molecule has 2 aliphatic rings. The maximum Gasteiger partial charge on any atom is 0.191 e. The van der Waals surface area contributed by atoms with Crippen LogP contribution in [-0.2, 0) is 0 Å². The third kappa shape index (κ3) is 3.61. The van der Waals surface area contributed by atoms with Crippen molar-refractivity contribution in [1.82, 2.24) is 15.5 Å². The number of rotatable bonds is 4. The zero-order chi connectivity index (χ0) is 15.5. The lowest BCUT2D eigenvalue weighted by molar-refractivity contribution is 0.258. The number of aliphatic imine (C=N–C) groups is 1. The van der Waals surface area contributed by atoms with Crippen molar-refractivity contribution >= 4 is 5.96 Å². The Morgan fingerprint density at radius 2 is 2.00 bits per heavy atom. The first-order chi connectivity index (χ1) is 10.7. The molecule has 0 radical (unpaired) electrons. The first-order valence-electron chi connectivity index (χ1n) is 8.46. The third-order valence-electron chi connectivity index (χ3n) is 5.05. The highest BCUT2D eigenvalue weighted by atomic mass is 15.3. The number of nitrogens with one attached hydrogen (secondary N) is 2. The molecule has 4 heteroatoms. The third-order valence-corrected chi connectivity index (χ3v) is 5.05. The van der Waals surface area contributed by atoms with E-state index in [2.05, 4.69) is 64.7 Å². The van der Waals surface area contributed by atoms with Gasteiger partial charge < -0.3 is 10.6 Å². The van der Waals surface area contributed by atoms with E-state index in [-0.39, 0.29) is 0 Å². The maximum atomic E-state index is 4.37. The lowest BCUT2D eigenvalue weighted by Crippen LogP contribution is -2.45. The van der Waals surface area contributed by atoms with Crippen LogP contribution >= 0.6 is 0 Å². The van der Waals surface area contributed by atoms with Crippen molar-refractivity contribution in [3.05, 3.63) is 35.9 Å². The van der Waals surface area contributed by atoms with Crippen LogP contribution < -0.4 is 10.6 Å². The topological polar surface area (TPSA) is 39.7 Å². The minimum absolute atomic E-state index is 0.478. The second-order valence-corrected chi connectivity index (χ2v) is 6.75. The highest BCUT2D eigenvalue weighted by Crippen LogP contribution is 2.29. The van der Waals surface area contributed by atoms with Crippen molar-refractivity contribution in [3.8, 4) is 0 Å². The zero-order valence-electron chi connectivity index (χ0n) is 13.9. The number of likely N-dealkylation sites (tertiary alicyclic amines) is 1. The van der Waals surface area contributed by atoms with Gasteiger partial charge in [-0.25, -0.2) is 0 Å². The molecule has 1 aromatic carbocycles. The van der Waals surface area contributed by atoms with Gasteiger partial charge in [-0.05, 0) is 31.2 Å². The smallest absolute Gasteiger partial charge is 0.191 e. The molecule has 3 rings (SSSR count). The molecule has 1 aliphatic carbocycles. The summed E-state index contributed by atoms with van der Waals surface area (Å²) in [5.41, 5.74) is 1.40. The molecule has 2 N–H and O–H groups in total. The first-order valence-corrected chi connectivity index (χ1v) is 8.46. The Labute approximate surface area is 134 Å². The normalized spacial score (nSPS) is 30.1. The molecule has 2 fully saturated rings. The number of hydrogen-bond acceptors (Lipinski definition) is 2. The lowest BCUT2D eigenvalue weighted by atomic mass is 10.1. The molecule has 1 saturated heterocycles. The summed E-state index contributed by atoms with van der Waals surface area (Å²) >= 11 is 0. The van der Waals surface area contributed by atoms with Crippen molar-refractivity contribution in [2.24, 2.45) is 10.9 Å². The van der Waals surface area contributed by atoms with Gasteiger partial charge in [0.25, 0.3) is 0 Å². The molecule has 1 saturated carbocycles. The fourth-order valence-electron chi connectivity index (χ4n) is 3.26. The SMILES string of the molecule is CN=C(NC1CCN(C(C)c2ccccc2)C1)NC1CC1C. The Hall–Kier alpha value is -1.55. The lowest BCUT2D eigenvalue weighted by Gasteiger charge is -2.25. The molecular weight excluding hydrogens is 272 g/mol. The van der Waals surface area contributed by atoms with Crippen molar-refractivity contribution in [3.63, 3.8) is 0 Å². The van der Waals surface area contributed by atoms with Gasteiger partial charge in [-0.1, -0.05) is 37.3 Å². The number of benzene rings is 1. The second kappa shape index (κ2) is 6.69. The van der Waals surface area contributed by atoms with Gasteiger partial charge >= 0.3 is 0 Å². The summed E-state index contributed by atoms with van der Waals surface area (Å²) in [6.45, 7) is 6.81. The van der Waals surface area contributed by atoms with Crippen molar-refractivity contribution in [2.45, 2.75) is 44.8 Å². The predicted octanol–water partition coefficient (Wildman–Crippen LogP) is 2.40. The summed E-state index contributed by atoms with van der Waals surface area (Å²) in [6, 6.07) is 12.4. The highest BCUT2D eigenvalue weighted by Gasteiger charge is 2.34. The number of nitrogens with zero attached hydrogens (tertiary/aromatic N) is 2. The van der Waals surface area contributed by atoms with E-state index in [0.717, 1.165) is 25.0 Å². The van der Waals surface area contributed by atoms with E-state index in [1.807, 2.05) is 7.05 Å². The van der Waals surface area contributed by atoms with E-state index < -0.39 is 0 Å². The van der Waals surface area contributed by atoms with Crippen LogP contribution in [0.5, 0.6) is 0 Å². The van der Waals surface area contributed by atoms with Gasteiger partial charge in [0.2, 0.25) is 0 Å². The Kier molecular flexibility index (Phi) is 4.67. The van der Waals surface area contributed by atoms with E-state index in [1.165, 1.54) is 18.4 Å². The average molecular weight is 300 g/mol. The van der Waals surface area contributed by atoms with Gasteiger partial charge in [0, 0.05) is 38.3 Å². The van der Waals surface area contributed by atoms with E-state index in [9.17, 15) is 0 Å². The van der Waals surface area contributed by atoms with Gasteiger partial charge in [-0.15, -0.1) is 0 Å². The first kappa shape index (κ1) is 15.3. The number of guanidine groups is 1. The van der Waals surface area contributed by atoms with Crippen LogP contribution in [-0.4, -0.2) is 43.1 Å². The summed E-state index contributed by atoms with van der Waals surface area (Å²) < 4.78 is 0. The van der Waals surface area contributed by atoms with Crippen LogP contribution in [0.25, 0.3) is 0 Å². The Balaban J connectivity index is 1.51. The largest absolute Gasteiger partial charge is 0.353 e. The van der Waals surface area contributed by atoms with Crippen LogP contribution in [0.3, 0.4) is 0 Å². The Morgan fingerprint density at radius 1 is 1.27 bits per heavy atom. The molecular formula is C18H28N4. The number of hydrogen-bond donors (Lipinski definition) is 2. The molecule has 120 valence electrons. The van der Waals surface area contributed by atoms with E-state index in [4.69, 9.17) is 0 Å². The standard InChI is InChI=1S/C18H28N4/c1-13-11-17(13)21-18(19-3)20-16-9-10-22(12-16)14(2)15-7-5-4-6-8-15/h4-8,13-14,16-17H,9-12H2,1-3H3,(H2,19,20,21). The molecule has 0 bridgehead atoms. The van der Waals surface area contributed by atoms with Gasteiger partial charge in [0.1, 0.15) is 0 Å². The molecule has 4 nitrogen and oxygen atoms in total. The quantitative estimate of drug-likeness (QED) is 0.662. The summed E-state index contributed by atoms with van der Waals surface area (Å²) in [4.78, 5) is 6.93. The molecule has 0 aromatic heterocycles. The van der Waals surface area contributed by atoms with Gasteiger partial charge in [-0.3, -0.25) is 9.89 Å². The van der Waals surface area contributed by atoms with Crippen LogP contribution in [0.4, 0.5) is 0 Å². The summed E-state index contributed by atoms with van der Waals surface area (Å²) in [7, 11) is 1.86. The fraction of sp³-hybridized carbons (Fsp3) is 0.611. The van der Waals surface area contributed by atoms with Crippen LogP contribution in [0.1, 0.15) is 38.3 Å². The molecule has 1 aromatic rings. The fourth-order valence-corrected chi connectivity index (χ4v) is 3.26. The molecule has 1 heterocycles. The molecule has 4 atom stereocenters. The van der Waals surface area contributed by atoms with Gasteiger partial charge in [0.15, 0.2) is 5.96 Å². The molecule has 0 amide bonds. The van der Waals surface area contributed by atoms with Crippen LogP contribution in [0, 0.1) is 5.92 Å². The average Bonchev–Trinajstić information content (AvgIpc) is 3.04. The molecule has 4 unspecified atom stereocenters. The van der Waals surface area contributed by atoms with Gasteiger partial charge in [-0.2, -0.15) is 0 Å². The molecule has 22 heavy (non-hydrogen) atoms. The van der Waals surface area contributed by atoms with Crippen molar-refractivity contribution in [1.29, 1.82) is 0 Å². The summed E-state index contributed by atoms with van der Waals surface area (Å²) in [5, 5.41) is 7.10. The van der Waals surface area contributed by atoms with E-state index >= 15 is 0 Å². The minimum Gasteiger partial charge on any atom is -0.353 e. The highest BCUT2D eigenvalue weighted by molar-refractivity contribution is 5.80. The summed E-state index contributed by atoms with van der Waals surface area (Å²) in [5.74, 6) is 1.75. The zero-order valence-corrected chi connectivity index (χ0v) is 13.9. The van der Waals surface area contributed by atoms with E-state index in [1.54, 1.807) is 0 Å². The van der Waals surface area contributed by atoms with Gasteiger partial charge in [0.05, 0.1) is 0 Å². The van der Waals surface area contributed by atoms with Crippen LogP contribution in [0.2, 0.25) is 0 Å². The Bertz CT molecular complexity index is 513. The second-order valence-electron chi connectivity index (χ2n) is 6.75. The summed E-state index contributed by atoms with van der Waals surface area (Å²) in [6.07, 6.45) is 2.45. The van der Waals surface area contributed by atoms with Crippen molar-refractivity contribution < 1.29 is 0 Å².